The van der Waals surface area contributed by atoms with Crippen LogP contribution in [0.3, 0.4) is 0 Å². The second-order valence-corrected chi connectivity index (χ2v) is 7.38. The summed E-state index contributed by atoms with van der Waals surface area (Å²) in [5.74, 6) is 0.879. The third-order valence-electron chi connectivity index (χ3n) is 5.37. The van der Waals surface area contributed by atoms with Crippen molar-refractivity contribution in [2.75, 3.05) is 25.5 Å². The maximum Gasteiger partial charge on any atom is 0.121 e. The van der Waals surface area contributed by atoms with Gasteiger partial charge in [-0.25, -0.2) is 0 Å². The van der Waals surface area contributed by atoms with Crippen LogP contribution in [0.15, 0.2) is 30.5 Å². The number of aromatic nitrogens is 1. The molecule has 0 bridgehead atoms. The largest absolute Gasteiger partial charge is 0.497 e. The summed E-state index contributed by atoms with van der Waals surface area (Å²) in [6.07, 6.45) is 13.9. The number of ether oxygens (including phenoxy) is 1. The van der Waals surface area contributed by atoms with Gasteiger partial charge < -0.3 is 15.4 Å². The number of methoxy groups -OCH3 is 1. The van der Waals surface area contributed by atoms with Crippen LogP contribution in [0.5, 0.6) is 5.75 Å². The smallest absolute Gasteiger partial charge is 0.121 e. The van der Waals surface area contributed by atoms with Gasteiger partial charge in [0.2, 0.25) is 0 Å². The Labute approximate surface area is 182 Å². The highest BCUT2D eigenvalue weighted by atomic mass is 35.5. The molecule has 1 aliphatic heterocycles. The molecule has 158 valence electrons. The van der Waals surface area contributed by atoms with Crippen LogP contribution in [-0.4, -0.2) is 31.2 Å². The molecule has 1 saturated heterocycles. The minimum Gasteiger partial charge on any atom is -0.497 e. The van der Waals surface area contributed by atoms with Crippen molar-refractivity contribution in [1.82, 2.24) is 10.3 Å². The molecule has 1 fully saturated rings. The van der Waals surface area contributed by atoms with Gasteiger partial charge in [0.05, 0.1) is 18.3 Å². The fourth-order valence-electron chi connectivity index (χ4n) is 3.86. The van der Waals surface area contributed by atoms with E-state index in [1.165, 1.54) is 64.3 Å². The second kappa shape index (κ2) is 13.9. The Morgan fingerprint density at radius 3 is 2.71 bits per heavy atom. The molecule has 3 rings (SSSR count). The molecule has 0 saturated carbocycles. The number of halogens is 2. The summed E-state index contributed by atoms with van der Waals surface area (Å²) < 4.78 is 5.41. The lowest BCUT2D eigenvalue weighted by Gasteiger charge is -2.23. The fourth-order valence-corrected chi connectivity index (χ4v) is 3.86. The lowest BCUT2D eigenvalue weighted by molar-refractivity contribution is 0.370. The highest BCUT2D eigenvalue weighted by Crippen LogP contribution is 2.27. The van der Waals surface area contributed by atoms with E-state index in [1.807, 2.05) is 24.4 Å². The molecule has 4 nitrogen and oxygen atoms in total. The number of nitrogens with zero attached hydrogens (tertiary/aromatic N) is 1. The van der Waals surface area contributed by atoms with E-state index in [2.05, 4.69) is 21.7 Å². The van der Waals surface area contributed by atoms with Gasteiger partial charge in [-0.2, -0.15) is 0 Å². The highest BCUT2D eigenvalue weighted by molar-refractivity contribution is 5.91. The van der Waals surface area contributed by atoms with Crippen molar-refractivity contribution in [3.8, 4) is 5.75 Å². The number of unbranched alkanes of at least 4 members (excludes halogenated alkanes) is 4. The molecule has 1 atom stereocenters. The zero-order valence-corrected chi connectivity index (χ0v) is 18.5. The van der Waals surface area contributed by atoms with Crippen molar-refractivity contribution in [3.05, 3.63) is 30.5 Å². The van der Waals surface area contributed by atoms with Gasteiger partial charge in [-0.05, 0) is 44.4 Å². The predicted molar refractivity (Wildman–Crippen MR) is 125 cm³/mol. The Kier molecular flexibility index (Phi) is 12.3. The molecular weight excluding hydrogens is 393 g/mol. The number of hydrogen-bond donors (Lipinski definition) is 2. The van der Waals surface area contributed by atoms with Gasteiger partial charge in [0.15, 0.2) is 0 Å². The molecule has 0 amide bonds. The maximum absolute atomic E-state index is 5.41. The molecule has 1 aliphatic rings. The summed E-state index contributed by atoms with van der Waals surface area (Å²) in [4.78, 5) is 4.52. The standard InChI is InChI=1S/C22H33N3O.2ClH/c1-26-20-16-18-10-9-15-25-22(18)21(17-20)24-14-7-4-2-3-5-11-19-12-6-8-13-23-19;;/h9-10,15-17,19,23-24H,2-8,11-14H2,1H3;2*1H. The third kappa shape index (κ3) is 7.65. The van der Waals surface area contributed by atoms with Crippen LogP contribution >= 0.6 is 24.8 Å². The van der Waals surface area contributed by atoms with E-state index in [1.54, 1.807) is 7.11 Å². The van der Waals surface area contributed by atoms with E-state index < -0.39 is 0 Å². The molecule has 28 heavy (non-hydrogen) atoms. The summed E-state index contributed by atoms with van der Waals surface area (Å²) in [6, 6.07) is 8.92. The van der Waals surface area contributed by atoms with E-state index in [9.17, 15) is 0 Å². The molecule has 2 aromatic rings. The Balaban J connectivity index is 0.00000196. The lowest BCUT2D eigenvalue weighted by Crippen LogP contribution is -2.33. The molecule has 0 aliphatic carbocycles. The van der Waals surface area contributed by atoms with Crippen LogP contribution in [0.25, 0.3) is 10.9 Å². The van der Waals surface area contributed by atoms with Crippen LogP contribution in [0.1, 0.15) is 57.8 Å². The van der Waals surface area contributed by atoms with Crippen LogP contribution in [0.2, 0.25) is 0 Å². The maximum atomic E-state index is 5.41. The monoisotopic (exact) mass is 427 g/mol. The minimum atomic E-state index is 0. The van der Waals surface area contributed by atoms with Gasteiger partial charge in [-0.1, -0.05) is 38.2 Å². The number of anilines is 1. The van der Waals surface area contributed by atoms with E-state index in [4.69, 9.17) is 4.74 Å². The Bertz CT molecular complexity index is 678. The molecule has 1 aromatic carbocycles. The highest BCUT2D eigenvalue weighted by Gasteiger charge is 2.11. The molecular formula is C22H35Cl2N3O. The fraction of sp³-hybridized carbons (Fsp3) is 0.591. The number of rotatable bonds is 10. The first-order valence-corrected chi connectivity index (χ1v) is 10.3. The SMILES string of the molecule is COc1cc(NCCCCCCCC2CCCCN2)c2ncccc2c1.Cl.Cl. The average molecular weight is 428 g/mol. The third-order valence-corrected chi connectivity index (χ3v) is 5.37. The van der Waals surface area contributed by atoms with Crippen molar-refractivity contribution in [2.45, 2.75) is 63.8 Å². The first-order chi connectivity index (χ1) is 12.9. The molecule has 0 spiro atoms. The summed E-state index contributed by atoms with van der Waals surface area (Å²) in [5.41, 5.74) is 2.09. The van der Waals surface area contributed by atoms with Gasteiger partial charge >= 0.3 is 0 Å². The van der Waals surface area contributed by atoms with Gasteiger partial charge in [-0.3, -0.25) is 4.98 Å². The van der Waals surface area contributed by atoms with Crippen molar-refractivity contribution < 1.29 is 4.74 Å². The first-order valence-electron chi connectivity index (χ1n) is 10.3. The first kappa shape index (κ1) is 24.8. The normalized spacial score (nSPS) is 16.1. The van der Waals surface area contributed by atoms with Crippen LogP contribution < -0.4 is 15.4 Å². The van der Waals surface area contributed by atoms with Crippen molar-refractivity contribution in [2.24, 2.45) is 0 Å². The van der Waals surface area contributed by atoms with E-state index in [0.29, 0.717) is 0 Å². The average Bonchev–Trinajstić information content (AvgIpc) is 2.70. The molecule has 2 N–H and O–H groups in total. The molecule has 1 unspecified atom stereocenters. The number of pyridine rings is 1. The zero-order valence-electron chi connectivity index (χ0n) is 16.9. The molecule has 6 heteroatoms. The van der Waals surface area contributed by atoms with Crippen molar-refractivity contribution in [3.63, 3.8) is 0 Å². The van der Waals surface area contributed by atoms with Crippen LogP contribution in [0, 0.1) is 0 Å². The van der Waals surface area contributed by atoms with Gasteiger partial charge in [0.1, 0.15) is 5.75 Å². The van der Waals surface area contributed by atoms with Gasteiger partial charge in [0.25, 0.3) is 0 Å². The Morgan fingerprint density at radius 2 is 1.93 bits per heavy atom. The quantitative estimate of drug-likeness (QED) is 0.457. The second-order valence-electron chi connectivity index (χ2n) is 7.38. The van der Waals surface area contributed by atoms with E-state index in [-0.39, 0.29) is 24.8 Å². The van der Waals surface area contributed by atoms with Gasteiger partial charge in [-0.15, -0.1) is 24.8 Å². The van der Waals surface area contributed by atoms with E-state index in [0.717, 1.165) is 34.9 Å². The number of hydrogen-bond acceptors (Lipinski definition) is 4. The molecule has 2 heterocycles. The molecule has 1 aromatic heterocycles. The number of benzene rings is 1. The number of fused-ring (bicyclic) bond motifs is 1. The zero-order chi connectivity index (χ0) is 18.0. The summed E-state index contributed by atoms with van der Waals surface area (Å²) in [7, 11) is 1.71. The minimum absolute atomic E-state index is 0. The van der Waals surface area contributed by atoms with Crippen molar-refractivity contribution >= 4 is 41.4 Å². The summed E-state index contributed by atoms with van der Waals surface area (Å²) in [5, 5.41) is 8.32. The van der Waals surface area contributed by atoms with E-state index >= 15 is 0 Å². The number of piperidine rings is 1. The van der Waals surface area contributed by atoms with Crippen LogP contribution in [0.4, 0.5) is 5.69 Å². The Hall–Kier alpha value is -1.23. The Morgan fingerprint density at radius 1 is 1.11 bits per heavy atom. The predicted octanol–water partition coefficient (Wildman–Crippen LogP) is 5.98. The number of nitrogens with one attached hydrogen (secondary N) is 2. The van der Waals surface area contributed by atoms with Crippen LogP contribution in [-0.2, 0) is 0 Å². The summed E-state index contributed by atoms with van der Waals surface area (Å²) >= 11 is 0. The van der Waals surface area contributed by atoms with Crippen molar-refractivity contribution in [1.29, 1.82) is 0 Å². The lowest BCUT2D eigenvalue weighted by atomic mass is 9.99. The summed E-state index contributed by atoms with van der Waals surface area (Å²) in [6.45, 7) is 2.22. The van der Waals surface area contributed by atoms with Gasteiger partial charge in [0, 0.05) is 30.2 Å². The molecule has 0 radical (unpaired) electrons. The topological polar surface area (TPSA) is 46.2 Å².